The van der Waals surface area contributed by atoms with E-state index in [4.69, 9.17) is 9.47 Å². The fourth-order valence-electron chi connectivity index (χ4n) is 1.91. The quantitative estimate of drug-likeness (QED) is 0.626. The van der Waals surface area contributed by atoms with Crippen molar-refractivity contribution in [3.8, 4) is 0 Å². The van der Waals surface area contributed by atoms with Crippen LogP contribution in [0.15, 0.2) is 0 Å². The van der Waals surface area contributed by atoms with Gasteiger partial charge in [-0.1, -0.05) is 6.92 Å². The van der Waals surface area contributed by atoms with Crippen molar-refractivity contribution in [3.63, 3.8) is 0 Å². The standard InChI is InChI=1S/C13H27NO3/c1-4-14(7-12-5-6-12)8-13(15)10-17-11(2)9-16-3/h11-13,15H,4-10H2,1-3H3. The molecule has 0 heterocycles. The summed E-state index contributed by atoms with van der Waals surface area (Å²) in [6.45, 7) is 7.91. The molecule has 0 radical (unpaired) electrons. The van der Waals surface area contributed by atoms with Gasteiger partial charge in [0.15, 0.2) is 0 Å². The first-order valence-electron chi connectivity index (χ1n) is 6.66. The Hall–Kier alpha value is -0.160. The molecule has 102 valence electrons. The van der Waals surface area contributed by atoms with Crippen LogP contribution in [-0.4, -0.2) is 62.2 Å². The monoisotopic (exact) mass is 245 g/mol. The first kappa shape index (κ1) is 14.9. The molecule has 1 aliphatic carbocycles. The number of hydrogen-bond acceptors (Lipinski definition) is 4. The van der Waals surface area contributed by atoms with Crippen LogP contribution in [0.25, 0.3) is 0 Å². The van der Waals surface area contributed by atoms with E-state index in [1.165, 1.54) is 12.8 Å². The van der Waals surface area contributed by atoms with Gasteiger partial charge >= 0.3 is 0 Å². The van der Waals surface area contributed by atoms with Gasteiger partial charge in [-0.15, -0.1) is 0 Å². The Morgan fingerprint density at radius 1 is 1.35 bits per heavy atom. The predicted octanol–water partition coefficient (Wildman–Crippen LogP) is 1.13. The highest BCUT2D eigenvalue weighted by atomic mass is 16.5. The minimum atomic E-state index is -0.395. The molecular weight excluding hydrogens is 218 g/mol. The molecule has 0 amide bonds. The number of nitrogens with zero attached hydrogens (tertiary/aromatic N) is 1. The van der Waals surface area contributed by atoms with Crippen LogP contribution >= 0.6 is 0 Å². The molecule has 0 aromatic rings. The normalized spacial score (nSPS) is 19.6. The summed E-state index contributed by atoms with van der Waals surface area (Å²) < 4.78 is 10.5. The lowest BCUT2D eigenvalue weighted by Crippen LogP contribution is -2.37. The van der Waals surface area contributed by atoms with Gasteiger partial charge in [-0.05, 0) is 32.2 Å². The van der Waals surface area contributed by atoms with Crippen molar-refractivity contribution in [2.24, 2.45) is 5.92 Å². The van der Waals surface area contributed by atoms with Crippen LogP contribution in [0, 0.1) is 5.92 Å². The van der Waals surface area contributed by atoms with E-state index in [1.54, 1.807) is 7.11 Å². The molecule has 0 spiro atoms. The summed E-state index contributed by atoms with van der Waals surface area (Å²) in [5.74, 6) is 0.871. The zero-order valence-corrected chi connectivity index (χ0v) is 11.4. The molecule has 0 aromatic heterocycles. The molecule has 1 saturated carbocycles. The topological polar surface area (TPSA) is 41.9 Å². The van der Waals surface area contributed by atoms with Crippen molar-refractivity contribution in [3.05, 3.63) is 0 Å². The number of aliphatic hydroxyl groups is 1. The van der Waals surface area contributed by atoms with E-state index < -0.39 is 6.10 Å². The van der Waals surface area contributed by atoms with Crippen LogP contribution in [-0.2, 0) is 9.47 Å². The Morgan fingerprint density at radius 2 is 2.06 bits per heavy atom. The number of ether oxygens (including phenoxy) is 2. The van der Waals surface area contributed by atoms with Gasteiger partial charge in [-0.3, -0.25) is 0 Å². The summed E-state index contributed by atoms with van der Waals surface area (Å²) in [6.07, 6.45) is 2.36. The zero-order valence-electron chi connectivity index (χ0n) is 11.4. The van der Waals surface area contributed by atoms with Gasteiger partial charge in [0.25, 0.3) is 0 Å². The number of rotatable bonds is 10. The minimum Gasteiger partial charge on any atom is -0.389 e. The van der Waals surface area contributed by atoms with Gasteiger partial charge in [0.05, 0.1) is 25.4 Å². The molecular formula is C13H27NO3. The Kier molecular flexibility index (Phi) is 7.04. The summed E-state index contributed by atoms with van der Waals surface area (Å²) in [6, 6.07) is 0. The van der Waals surface area contributed by atoms with E-state index in [1.807, 2.05) is 6.92 Å². The summed E-state index contributed by atoms with van der Waals surface area (Å²) >= 11 is 0. The molecule has 0 bridgehead atoms. The Balaban J connectivity index is 2.10. The van der Waals surface area contributed by atoms with Gasteiger partial charge in [-0.2, -0.15) is 0 Å². The number of hydrogen-bond donors (Lipinski definition) is 1. The lowest BCUT2D eigenvalue weighted by molar-refractivity contribution is -0.0396. The molecule has 2 atom stereocenters. The molecule has 17 heavy (non-hydrogen) atoms. The Bertz CT molecular complexity index is 197. The second-order valence-electron chi connectivity index (χ2n) is 5.05. The average molecular weight is 245 g/mol. The largest absolute Gasteiger partial charge is 0.389 e. The predicted molar refractivity (Wildman–Crippen MR) is 68.1 cm³/mol. The maximum atomic E-state index is 9.89. The third-order valence-electron chi connectivity index (χ3n) is 3.10. The van der Waals surface area contributed by atoms with Gasteiger partial charge in [0.1, 0.15) is 0 Å². The van der Waals surface area contributed by atoms with Crippen molar-refractivity contribution in [1.82, 2.24) is 4.90 Å². The summed E-state index contributed by atoms with van der Waals surface area (Å²) in [5, 5.41) is 9.89. The first-order chi connectivity index (χ1) is 8.15. The summed E-state index contributed by atoms with van der Waals surface area (Å²) in [7, 11) is 1.66. The fourth-order valence-corrected chi connectivity index (χ4v) is 1.91. The van der Waals surface area contributed by atoms with E-state index in [0.29, 0.717) is 19.8 Å². The van der Waals surface area contributed by atoms with E-state index in [9.17, 15) is 5.11 Å². The fraction of sp³-hybridized carbons (Fsp3) is 1.00. The summed E-state index contributed by atoms with van der Waals surface area (Å²) in [5.41, 5.74) is 0. The van der Waals surface area contributed by atoms with Crippen molar-refractivity contribution in [1.29, 1.82) is 0 Å². The maximum Gasteiger partial charge on any atom is 0.0900 e. The SMILES string of the molecule is CCN(CC(O)COC(C)COC)CC1CC1. The third kappa shape index (κ3) is 6.99. The molecule has 1 rings (SSSR count). The van der Waals surface area contributed by atoms with E-state index >= 15 is 0 Å². The van der Waals surface area contributed by atoms with Crippen LogP contribution in [0.5, 0.6) is 0 Å². The summed E-state index contributed by atoms with van der Waals surface area (Å²) in [4.78, 5) is 2.31. The van der Waals surface area contributed by atoms with Gasteiger partial charge in [0.2, 0.25) is 0 Å². The highest BCUT2D eigenvalue weighted by Crippen LogP contribution is 2.29. The second-order valence-corrected chi connectivity index (χ2v) is 5.05. The van der Waals surface area contributed by atoms with Crippen LogP contribution in [0.2, 0.25) is 0 Å². The van der Waals surface area contributed by atoms with Crippen LogP contribution in [0.3, 0.4) is 0 Å². The van der Waals surface area contributed by atoms with Gasteiger partial charge in [0, 0.05) is 20.2 Å². The van der Waals surface area contributed by atoms with Crippen LogP contribution in [0.1, 0.15) is 26.7 Å². The Labute approximate surface area is 105 Å². The van der Waals surface area contributed by atoms with Crippen molar-refractivity contribution in [2.45, 2.75) is 38.9 Å². The number of aliphatic hydroxyl groups excluding tert-OH is 1. The molecule has 0 aromatic carbocycles. The lowest BCUT2D eigenvalue weighted by Gasteiger charge is -2.24. The average Bonchev–Trinajstić information content (AvgIpc) is 3.10. The molecule has 2 unspecified atom stereocenters. The van der Waals surface area contributed by atoms with Crippen LogP contribution < -0.4 is 0 Å². The van der Waals surface area contributed by atoms with Crippen LogP contribution in [0.4, 0.5) is 0 Å². The minimum absolute atomic E-state index is 0.0492. The molecule has 4 nitrogen and oxygen atoms in total. The molecule has 1 N–H and O–H groups in total. The molecule has 4 heteroatoms. The zero-order chi connectivity index (χ0) is 12.7. The van der Waals surface area contributed by atoms with Crippen molar-refractivity contribution < 1.29 is 14.6 Å². The molecule has 1 aliphatic rings. The number of methoxy groups -OCH3 is 1. The molecule has 1 fully saturated rings. The first-order valence-corrected chi connectivity index (χ1v) is 6.66. The lowest BCUT2D eigenvalue weighted by atomic mass is 10.3. The van der Waals surface area contributed by atoms with E-state index in [2.05, 4.69) is 11.8 Å². The Morgan fingerprint density at radius 3 is 2.59 bits per heavy atom. The maximum absolute atomic E-state index is 9.89. The second kappa shape index (κ2) is 8.03. The van der Waals surface area contributed by atoms with Gasteiger partial charge in [-0.25, -0.2) is 0 Å². The molecule has 0 saturated heterocycles. The van der Waals surface area contributed by atoms with E-state index in [0.717, 1.165) is 19.0 Å². The highest BCUT2D eigenvalue weighted by molar-refractivity contribution is 4.78. The van der Waals surface area contributed by atoms with Gasteiger partial charge < -0.3 is 19.5 Å². The molecule has 0 aliphatic heterocycles. The number of likely N-dealkylation sites (N-methyl/N-ethyl adjacent to an activating group) is 1. The smallest absolute Gasteiger partial charge is 0.0900 e. The van der Waals surface area contributed by atoms with E-state index in [-0.39, 0.29) is 6.10 Å². The van der Waals surface area contributed by atoms with Crippen molar-refractivity contribution in [2.75, 3.05) is 40.0 Å². The third-order valence-corrected chi connectivity index (χ3v) is 3.10. The highest BCUT2D eigenvalue weighted by Gasteiger charge is 2.24. The van der Waals surface area contributed by atoms with Crippen molar-refractivity contribution >= 4 is 0 Å².